The summed E-state index contributed by atoms with van der Waals surface area (Å²) in [6.07, 6.45) is 4.68. The van der Waals surface area contributed by atoms with E-state index >= 15 is 0 Å². The lowest BCUT2D eigenvalue weighted by Crippen LogP contribution is -2.13. The zero-order valence-electron chi connectivity index (χ0n) is 10.1. The number of halogens is 1. The van der Waals surface area contributed by atoms with E-state index in [1.165, 1.54) is 19.3 Å². The molecule has 3 N–H and O–H groups in total. The van der Waals surface area contributed by atoms with Crippen molar-refractivity contribution in [3.05, 3.63) is 28.2 Å². The summed E-state index contributed by atoms with van der Waals surface area (Å²) in [6.45, 7) is 2.86. The standard InChI is InChI=1S/C13H19BrN2O/c1-2-3-4-5-8-17-12-9-10(14)6-7-11(12)13(15)16/h6-7,9H,2-5,8H2,1H3,(H3,15,16). The molecular formula is C13H19BrN2O. The SMILES string of the molecule is CCCCCCOc1cc(Br)ccc1C(=N)N. The molecule has 0 aromatic heterocycles. The molecule has 0 saturated carbocycles. The Hall–Kier alpha value is -1.03. The second kappa shape index (κ2) is 7.33. The molecule has 0 aliphatic carbocycles. The maximum atomic E-state index is 7.48. The van der Waals surface area contributed by atoms with Crippen LogP contribution in [-0.2, 0) is 0 Å². The molecule has 17 heavy (non-hydrogen) atoms. The van der Waals surface area contributed by atoms with Crippen molar-refractivity contribution in [2.24, 2.45) is 5.73 Å². The van der Waals surface area contributed by atoms with Crippen LogP contribution in [0.1, 0.15) is 38.2 Å². The van der Waals surface area contributed by atoms with Gasteiger partial charge in [-0.15, -0.1) is 0 Å². The van der Waals surface area contributed by atoms with Crippen molar-refractivity contribution in [1.82, 2.24) is 0 Å². The fourth-order valence-electron chi connectivity index (χ4n) is 1.55. The minimum Gasteiger partial charge on any atom is -0.493 e. The highest BCUT2D eigenvalue weighted by Crippen LogP contribution is 2.23. The number of nitrogen functional groups attached to an aromatic ring is 1. The zero-order valence-corrected chi connectivity index (χ0v) is 11.7. The molecule has 0 fully saturated rings. The van der Waals surface area contributed by atoms with Gasteiger partial charge in [0.15, 0.2) is 0 Å². The van der Waals surface area contributed by atoms with Crippen LogP contribution in [0.5, 0.6) is 5.75 Å². The van der Waals surface area contributed by atoms with Gasteiger partial charge < -0.3 is 10.5 Å². The Kier molecular flexibility index (Phi) is 6.05. The van der Waals surface area contributed by atoms with Crippen LogP contribution in [0.3, 0.4) is 0 Å². The van der Waals surface area contributed by atoms with Gasteiger partial charge in [-0.2, -0.15) is 0 Å². The number of benzene rings is 1. The van der Waals surface area contributed by atoms with Crippen LogP contribution < -0.4 is 10.5 Å². The lowest BCUT2D eigenvalue weighted by atomic mass is 10.2. The second-order valence-corrected chi connectivity index (χ2v) is 4.88. The van der Waals surface area contributed by atoms with Crippen molar-refractivity contribution < 1.29 is 4.74 Å². The summed E-state index contributed by atoms with van der Waals surface area (Å²) in [7, 11) is 0. The molecule has 1 aromatic carbocycles. The van der Waals surface area contributed by atoms with Gasteiger partial charge in [0, 0.05) is 4.47 Å². The Morgan fingerprint density at radius 3 is 2.76 bits per heavy atom. The number of ether oxygens (including phenoxy) is 1. The van der Waals surface area contributed by atoms with Crippen LogP contribution in [0, 0.1) is 5.41 Å². The van der Waals surface area contributed by atoms with Gasteiger partial charge in [-0.1, -0.05) is 42.1 Å². The molecule has 1 rings (SSSR count). The molecule has 94 valence electrons. The Morgan fingerprint density at radius 1 is 1.35 bits per heavy atom. The lowest BCUT2D eigenvalue weighted by molar-refractivity contribution is 0.304. The Bertz CT molecular complexity index is 380. The molecule has 0 aliphatic rings. The summed E-state index contributed by atoms with van der Waals surface area (Å²) < 4.78 is 6.61. The van der Waals surface area contributed by atoms with Crippen molar-refractivity contribution in [2.75, 3.05) is 6.61 Å². The van der Waals surface area contributed by atoms with Crippen molar-refractivity contribution in [3.8, 4) is 5.75 Å². The number of hydrogen-bond donors (Lipinski definition) is 2. The maximum absolute atomic E-state index is 7.48. The molecule has 0 spiro atoms. The van der Waals surface area contributed by atoms with Gasteiger partial charge in [0.2, 0.25) is 0 Å². The Morgan fingerprint density at radius 2 is 2.12 bits per heavy atom. The van der Waals surface area contributed by atoms with Crippen molar-refractivity contribution in [3.63, 3.8) is 0 Å². The zero-order chi connectivity index (χ0) is 12.7. The van der Waals surface area contributed by atoms with Crippen LogP contribution in [0.25, 0.3) is 0 Å². The van der Waals surface area contributed by atoms with Crippen LogP contribution in [0.2, 0.25) is 0 Å². The topological polar surface area (TPSA) is 59.1 Å². The van der Waals surface area contributed by atoms with E-state index in [1.54, 1.807) is 6.07 Å². The van der Waals surface area contributed by atoms with Gasteiger partial charge in [-0.25, -0.2) is 0 Å². The average molecular weight is 299 g/mol. The first-order valence-corrected chi connectivity index (χ1v) is 6.71. The molecule has 0 saturated heterocycles. The van der Waals surface area contributed by atoms with E-state index in [2.05, 4.69) is 22.9 Å². The quantitative estimate of drug-likeness (QED) is 0.458. The van der Waals surface area contributed by atoms with E-state index in [-0.39, 0.29) is 5.84 Å². The molecule has 0 atom stereocenters. The number of nitrogens with two attached hydrogens (primary N) is 1. The van der Waals surface area contributed by atoms with Crippen LogP contribution >= 0.6 is 15.9 Å². The molecule has 0 radical (unpaired) electrons. The number of rotatable bonds is 7. The number of unbranched alkanes of at least 4 members (excludes halogenated alkanes) is 3. The molecule has 3 nitrogen and oxygen atoms in total. The molecule has 0 unspecified atom stereocenters. The fourth-order valence-corrected chi connectivity index (χ4v) is 1.89. The third-order valence-electron chi connectivity index (χ3n) is 2.49. The average Bonchev–Trinajstić information content (AvgIpc) is 2.28. The summed E-state index contributed by atoms with van der Waals surface area (Å²) >= 11 is 3.39. The van der Waals surface area contributed by atoms with Gasteiger partial charge in [0.1, 0.15) is 11.6 Å². The van der Waals surface area contributed by atoms with Crippen molar-refractivity contribution >= 4 is 21.8 Å². The highest BCUT2D eigenvalue weighted by atomic mass is 79.9. The third kappa shape index (κ3) is 4.77. The normalized spacial score (nSPS) is 10.2. The number of nitrogens with one attached hydrogen (secondary N) is 1. The number of hydrogen-bond acceptors (Lipinski definition) is 2. The lowest BCUT2D eigenvalue weighted by Gasteiger charge is -2.11. The second-order valence-electron chi connectivity index (χ2n) is 3.96. The first-order valence-electron chi connectivity index (χ1n) is 5.92. The van der Waals surface area contributed by atoms with E-state index in [1.807, 2.05) is 12.1 Å². The summed E-state index contributed by atoms with van der Waals surface area (Å²) in [5, 5.41) is 7.48. The molecule has 1 aromatic rings. The fraction of sp³-hybridized carbons (Fsp3) is 0.462. The van der Waals surface area contributed by atoms with Crippen LogP contribution in [0.4, 0.5) is 0 Å². The maximum Gasteiger partial charge on any atom is 0.131 e. The third-order valence-corrected chi connectivity index (χ3v) is 2.98. The summed E-state index contributed by atoms with van der Waals surface area (Å²) in [4.78, 5) is 0. The van der Waals surface area contributed by atoms with E-state index in [9.17, 15) is 0 Å². The predicted molar refractivity (Wildman–Crippen MR) is 74.8 cm³/mol. The first-order chi connectivity index (χ1) is 8.15. The molecule has 0 heterocycles. The van der Waals surface area contributed by atoms with Gasteiger partial charge >= 0.3 is 0 Å². The summed E-state index contributed by atoms with van der Waals surface area (Å²) in [5.74, 6) is 0.726. The summed E-state index contributed by atoms with van der Waals surface area (Å²) in [5.41, 5.74) is 6.16. The van der Waals surface area contributed by atoms with E-state index in [0.717, 1.165) is 10.9 Å². The minimum absolute atomic E-state index is 0.0426. The monoisotopic (exact) mass is 298 g/mol. The van der Waals surface area contributed by atoms with Crippen molar-refractivity contribution in [1.29, 1.82) is 5.41 Å². The van der Waals surface area contributed by atoms with Gasteiger partial charge in [-0.05, 0) is 24.6 Å². The largest absolute Gasteiger partial charge is 0.493 e. The predicted octanol–water partition coefficient (Wildman–Crippen LogP) is 3.69. The Labute approximate surface area is 111 Å². The Balaban J connectivity index is 2.56. The molecule has 4 heteroatoms. The molecule has 0 bridgehead atoms. The van der Waals surface area contributed by atoms with Gasteiger partial charge in [0.25, 0.3) is 0 Å². The van der Waals surface area contributed by atoms with Gasteiger partial charge in [0.05, 0.1) is 12.2 Å². The van der Waals surface area contributed by atoms with Gasteiger partial charge in [-0.3, -0.25) is 5.41 Å². The van der Waals surface area contributed by atoms with Crippen molar-refractivity contribution in [2.45, 2.75) is 32.6 Å². The van der Waals surface area contributed by atoms with E-state index in [4.69, 9.17) is 15.9 Å². The number of amidine groups is 1. The van der Waals surface area contributed by atoms with Crippen LogP contribution in [0.15, 0.2) is 22.7 Å². The first kappa shape index (κ1) is 14.0. The smallest absolute Gasteiger partial charge is 0.131 e. The molecule has 0 aliphatic heterocycles. The van der Waals surface area contributed by atoms with E-state index < -0.39 is 0 Å². The minimum atomic E-state index is 0.0426. The summed E-state index contributed by atoms with van der Waals surface area (Å²) in [6, 6.07) is 5.52. The molecule has 0 amide bonds. The van der Waals surface area contributed by atoms with Crippen LogP contribution in [-0.4, -0.2) is 12.4 Å². The highest BCUT2D eigenvalue weighted by molar-refractivity contribution is 9.10. The molecular weight excluding hydrogens is 280 g/mol. The highest BCUT2D eigenvalue weighted by Gasteiger charge is 2.07. The van der Waals surface area contributed by atoms with E-state index in [0.29, 0.717) is 17.9 Å².